The molecule has 0 spiro atoms. The second-order valence-corrected chi connectivity index (χ2v) is 8.55. The number of hydrogen-bond donors (Lipinski definition) is 3. The summed E-state index contributed by atoms with van der Waals surface area (Å²) in [6, 6.07) is 6.43. The molecule has 9 heteroatoms. The van der Waals surface area contributed by atoms with Crippen LogP contribution in [0.15, 0.2) is 30.3 Å². The van der Waals surface area contributed by atoms with Gasteiger partial charge in [-0.2, -0.15) is 0 Å². The number of aliphatic carboxylic acids is 1. The van der Waals surface area contributed by atoms with Gasteiger partial charge in [-0.3, -0.25) is 9.59 Å². The van der Waals surface area contributed by atoms with Crippen LogP contribution >= 0.6 is 0 Å². The number of carboxylic acid groups (broad SMARTS) is 1. The second-order valence-electron chi connectivity index (χ2n) is 8.55. The second kappa shape index (κ2) is 9.91. The summed E-state index contributed by atoms with van der Waals surface area (Å²) in [7, 11) is 0. The molecule has 1 aliphatic rings. The van der Waals surface area contributed by atoms with Gasteiger partial charge in [0, 0.05) is 18.3 Å². The topological polar surface area (TPSA) is 145 Å². The number of benzene rings is 1. The minimum Gasteiger partial charge on any atom is -0.480 e. The molecule has 1 saturated carbocycles. The summed E-state index contributed by atoms with van der Waals surface area (Å²) < 4.78 is 10.2. The molecule has 0 saturated heterocycles. The van der Waals surface area contributed by atoms with Crippen molar-refractivity contribution in [3.05, 3.63) is 35.9 Å². The van der Waals surface area contributed by atoms with Gasteiger partial charge in [-0.05, 0) is 33.3 Å². The molecule has 0 bridgehead atoms. The number of carbonyl (C=O) groups is 4. The zero-order valence-corrected chi connectivity index (χ0v) is 18.2. The Hall–Kier alpha value is -2.94. The Morgan fingerprint density at radius 2 is 1.74 bits per heavy atom. The molecule has 5 atom stereocenters. The van der Waals surface area contributed by atoms with Gasteiger partial charge in [0.25, 0.3) is 0 Å². The lowest BCUT2D eigenvalue weighted by Crippen LogP contribution is -2.46. The molecule has 170 valence electrons. The number of ether oxygens (including phenoxy) is 2. The largest absolute Gasteiger partial charge is 0.480 e. The van der Waals surface area contributed by atoms with Crippen molar-refractivity contribution in [3.8, 4) is 0 Å². The number of Topliss-reactive ketones (excluding diaryl/α,β-unsaturated/α-hetero) is 1. The van der Waals surface area contributed by atoms with Crippen LogP contribution in [0.5, 0.6) is 0 Å². The maximum absolute atomic E-state index is 12.7. The number of esters is 1. The predicted octanol–water partition coefficient (Wildman–Crippen LogP) is 1.53. The van der Waals surface area contributed by atoms with Gasteiger partial charge in [0.15, 0.2) is 5.78 Å². The molecule has 1 aliphatic carbocycles. The fraction of sp³-hybridized carbons (Fsp3) is 0.545. The van der Waals surface area contributed by atoms with Crippen molar-refractivity contribution in [3.63, 3.8) is 0 Å². The number of hydrogen-bond acceptors (Lipinski definition) is 7. The Labute approximate surface area is 181 Å². The third-order valence-corrected chi connectivity index (χ3v) is 5.02. The minimum absolute atomic E-state index is 0.0536. The molecule has 0 aromatic heterocycles. The van der Waals surface area contributed by atoms with Crippen molar-refractivity contribution in [2.45, 2.75) is 51.8 Å². The molecule has 0 radical (unpaired) electrons. The van der Waals surface area contributed by atoms with Crippen LogP contribution < -0.4 is 11.1 Å². The fourth-order valence-electron chi connectivity index (χ4n) is 3.69. The van der Waals surface area contributed by atoms with E-state index in [0.29, 0.717) is 0 Å². The number of ketones is 1. The van der Waals surface area contributed by atoms with Gasteiger partial charge in [0.1, 0.15) is 11.6 Å². The first-order valence-electron chi connectivity index (χ1n) is 10.2. The summed E-state index contributed by atoms with van der Waals surface area (Å²) in [5.74, 6) is -4.89. The zero-order valence-electron chi connectivity index (χ0n) is 18.2. The number of alkyl carbamates (subject to hydrolysis) is 1. The minimum atomic E-state index is -1.45. The van der Waals surface area contributed by atoms with E-state index in [0.717, 1.165) is 5.56 Å². The number of amides is 1. The molecule has 1 aromatic rings. The molecule has 1 fully saturated rings. The van der Waals surface area contributed by atoms with Crippen LogP contribution in [0.4, 0.5) is 4.79 Å². The van der Waals surface area contributed by atoms with Crippen molar-refractivity contribution in [2.24, 2.45) is 23.5 Å². The van der Waals surface area contributed by atoms with E-state index in [-0.39, 0.29) is 18.8 Å². The average molecular weight is 434 g/mol. The molecule has 4 N–H and O–H groups in total. The Morgan fingerprint density at radius 3 is 2.26 bits per heavy atom. The van der Waals surface area contributed by atoms with Gasteiger partial charge in [-0.1, -0.05) is 30.3 Å². The first-order chi connectivity index (χ1) is 14.5. The molecule has 9 nitrogen and oxygen atoms in total. The van der Waals surface area contributed by atoms with Crippen molar-refractivity contribution in [2.75, 3.05) is 6.61 Å². The van der Waals surface area contributed by atoms with Gasteiger partial charge >= 0.3 is 18.0 Å². The van der Waals surface area contributed by atoms with Gasteiger partial charge in [-0.25, -0.2) is 9.59 Å². The molecule has 0 aliphatic heterocycles. The molecule has 1 aromatic carbocycles. The first kappa shape index (κ1) is 24.3. The molecule has 0 heterocycles. The monoisotopic (exact) mass is 434 g/mol. The van der Waals surface area contributed by atoms with Crippen molar-refractivity contribution in [1.29, 1.82) is 0 Å². The summed E-state index contributed by atoms with van der Waals surface area (Å²) in [5, 5.41) is 12.0. The maximum atomic E-state index is 12.7. The van der Waals surface area contributed by atoms with Gasteiger partial charge in [0.05, 0.1) is 18.6 Å². The highest BCUT2D eigenvalue weighted by Gasteiger charge is 2.64. The van der Waals surface area contributed by atoms with Crippen LogP contribution in [-0.2, 0) is 30.3 Å². The molecule has 31 heavy (non-hydrogen) atoms. The number of rotatable bonds is 9. The highest BCUT2D eigenvalue weighted by molar-refractivity contribution is 5.90. The summed E-state index contributed by atoms with van der Waals surface area (Å²) in [6.45, 7) is 6.64. The number of nitrogens with two attached hydrogens (primary N) is 1. The van der Waals surface area contributed by atoms with E-state index in [2.05, 4.69) is 5.32 Å². The van der Waals surface area contributed by atoms with Gasteiger partial charge in [-0.15, -0.1) is 0 Å². The fourth-order valence-corrected chi connectivity index (χ4v) is 3.69. The summed E-state index contributed by atoms with van der Waals surface area (Å²) in [6.07, 6.45) is -0.879. The normalized spacial score (nSPS) is 22.0. The smallest absolute Gasteiger partial charge is 0.408 e. The van der Waals surface area contributed by atoms with Crippen molar-refractivity contribution < 1.29 is 33.8 Å². The molecule has 4 unspecified atom stereocenters. The average Bonchev–Trinajstić information content (AvgIpc) is 3.40. The van der Waals surface area contributed by atoms with Crippen LogP contribution in [0.25, 0.3) is 0 Å². The predicted molar refractivity (Wildman–Crippen MR) is 111 cm³/mol. The maximum Gasteiger partial charge on any atom is 0.408 e. The zero-order chi connectivity index (χ0) is 23.3. The lowest BCUT2D eigenvalue weighted by atomic mass is 9.98. The highest BCUT2D eigenvalue weighted by atomic mass is 16.6. The van der Waals surface area contributed by atoms with Crippen LogP contribution in [0.1, 0.15) is 33.3 Å². The van der Waals surface area contributed by atoms with E-state index in [1.165, 1.54) is 0 Å². The van der Waals surface area contributed by atoms with E-state index in [1.54, 1.807) is 52.0 Å². The first-order valence-corrected chi connectivity index (χ1v) is 10.2. The Balaban J connectivity index is 2.20. The lowest BCUT2D eigenvalue weighted by molar-refractivity contribution is -0.145. The molecular formula is C22H30N2O7. The summed E-state index contributed by atoms with van der Waals surface area (Å²) in [4.78, 5) is 49.2. The van der Waals surface area contributed by atoms with Gasteiger partial charge in [0.2, 0.25) is 0 Å². The van der Waals surface area contributed by atoms with Crippen LogP contribution in [0.2, 0.25) is 0 Å². The Bertz CT molecular complexity index is 819. The van der Waals surface area contributed by atoms with Crippen molar-refractivity contribution in [1.82, 2.24) is 5.32 Å². The third-order valence-electron chi connectivity index (χ3n) is 5.02. The quantitative estimate of drug-likeness (QED) is 0.496. The van der Waals surface area contributed by atoms with Crippen molar-refractivity contribution >= 4 is 23.8 Å². The number of nitrogens with one attached hydrogen (secondary N) is 1. The molecule has 1 amide bonds. The van der Waals surface area contributed by atoms with Crippen LogP contribution in [0, 0.1) is 17.8 Å². The number of carbonyl (C=O) groups excluding carboxylic acids is 3. The molecular weight excluding hydrogens is 404 g/mol. The summed E-state index contributed by atoms with van der Waals surface area (Å²) >= 11 is 0. The third kappa shape index (κ3) is 6.52. The van der Waals surface area contributed by atoms with Crippen LogP contribution in [0.3, 0.4) is 0 Å². The lowest BCUT2D eigenvalue weighted by Gasteiger charge is -2.22. The van der Waals surface area contributed by atoms with E-state index >= 15 is 0 Å². The van der Waals surface area contributed by atoms with Gasteiger partial charge < -0.3 is 25.6 Å². The SMILES string of the molecule is CCOC(=O)C1C(C(N)C(=O)Cc2ccccc2)C1[C@H](NC(=O)OC(C)(C)C)C(=O)O. The Morgan fingerprint density at radius 1 is 1.13 bits per heavy atom. The molecule has 2 rings (SSSR count). The van der Waals surface area contributed by atoms with Crippen LogP contribution in [-0.4, -0.2) is 53.2 Å². The highest BCUT2D eigenvalue weighted by Crippen LogP contribution is 2.51. The number of carboxylic acids is 1. The summed E-state index contributed by atoms with van der Waals surface area (Å²) in [5.41, 5.74) is 6.09. The van der Waals surface area contributed by atoms with E-state index in [4.69, 9.17) is 15.2 Å². The standard InChI is InChI=1S/C22H30N2O7/c1-5-30-20(28)16-14(17(23)13(25)11-12-9-7-6-8-10-12)15(16)18(19(26)27)24-21(29)31-22(2,3)4/h6-10,14-18H,5,11,23H2,1-4H3,(H,24,29)(H,26,27)/t14?,15?,16?,17?,18-/m0/s1. The van der Waals surface area contributed by atoms with E-state index in [1.807, 2.05) is 6.07 Å². The van der Waals surface area contributed by atoms with E-state index < -0.39 is 53.5 Å². The van der Waals surface area contributed by atoms with E-state index in [9.17, 15) is 24.3 Å². The Kier molecular flexibility index (Phi) is 7.78.